The van der Waals surface area contributed by atoms with E-state index in [4.69, 9.17) is 0 Å². The summed E-state index contributed by atoms with van der Waals surface area (Å²) in [6.07, 6.45) is 0. The van der Waals surface area contributed by atoms with E-state index < -0.39 is 11.6 Å². The van der Waals surface area contributed by atoms with Gasteiger partial charge < -0.3 is 0 Å². The van der Waals surface area contributed by atoms with Crippen molar-refractivity contribution in [3.8, 4) is 10.4 Å². The first-order chi connectivity index (χ1) is 7.86. The SMILES string of the molecule is CC(C)(C)c1ccc(-c2cc(F)cc(F)c2)s1. The Morgan fingerprint density at radius 1 is 0.941 bits per heavy atom. The summed E-state index contributed by atoms with van der Waals surface area (Å²) in [4.78, 5) is 2.10. The standard InChI is InChI=1S/C14H14F2S/c1-14(2,3)13-5-4-12(17-13)9-6-10(15)8-11(16)7-9/h4-8H,1-3H3. The van der Waals surface area contributed by atoms with Crippen molar-refractivity contribution in [3.05, 3.63) is 46.8 Å². The summed E-state index contributed by atoms with van der Waals surface area (Å²) < 4.78 is 26.2. The molecule has 0 aliphatic rings. The van der Waals surface area contributed by atoms with Crippen molar-refractivity contribution in [3.63, 3.8) is 0 Å². The lowest BCUT2D eigenvalue weighted by Crippen LogP contribution is -2.07. The highest BCUT2D eigenvalue weighted by Gasteiger charge is 2.16. The molecular formula is C14H14F2S. The van der Waals surface area contributed by atoms with Crippen LogP contribution in [0.1, 0.15) is 25.6 Å². The maximum Gasteiger partial charge on any atom is 0.126 e. The highest BCUT2D eigenvalue weighted by atomic mass is 32.1. The molecular weight excluding hydrogens is 238 g/mol. The van der Waals surface area contributed by atoms with Gasteiger partial charge in [0.15, 0.2) is 0 Å². The van der Waals surface area contributed by atoms with Crippen LogP contribution in [0.2, 0.25) is 0 Å². The molecule has 0 nitrogen and oxygen atoms in total. The summed E-state index contributed by atoms with van der Waals surface area (Å²) in [5.41, 5.74) is 0.664. The van der Waals surface area contributed by atoms with E-state index >= 15 is 0 Å². The normalized spacial score (nSPS) is 11.8. The largest absolute Gasteiger partial charge is 0.207 e. The fraction of sp³-hybridized carbons (Fsp3) is 0.286. The van der Waals surface area contributed by atoms with Gasteiger partial charge in [-0.1, -0.05) is 20.8 Å². The molecule has 0 unspecified atom stereocenters. The fourth-order valence-corrected chi connectivity index (χ4v) is 2.64. The third kappa shape index (κ3) is 2.72. The first-order valence-electron chi connectivity index (χ1n) is 5.43. The lowest BCUT2D eigenvalue weighted by atomic mass is 9.95. The number of benzene rings is 1. The zero-order valence-corrected chi connectivity index (χ0v) is 10.9. The molecule has 0 saturated heterocycles. The fourth-order valence-electron chi connectivity index (χ4n) is 1.59. The molecule has 1 aromatic carbocycles. The molecule has 0 saturated carbocycles. The summed E-state index contributed by atoms with van der Waals surface area (Å²) in [6.45, 7) is 6.36. The van der Waals surface area contributed by atoms with Crippen LogP contribution in [0.25, 0.3) is 10.4 Å². The molecule has 3 heteroatoms. The van der Waals surface area contributed by atoms with Gasteiger partial charge in [-0.2, -0.15) is 0 Å². The van der Waals surface area contributed by atoms with E-state index in [1.54, 1.807) is 11.3 Å². The first kappa shape index (κ1) is 12.2. The van der Waals surface area contributed by atoms with Gasteiger partial charge in [0.25, 0.3) is 0 Å². The topological polar surface area (TPSA) is 0 Å². The minimum Gasteiger partial charge on any atom is -0.207 e. The number of rotatable bonds is 1. The van der Waals surface area contributed by atoms with Crippen LogP contribution in [0.4, 0.5) is 8.78 Å². The van der Waals surface area contributed by atoms with E-state index in [1.807, 2.05) is 12.1 Å². The minimum atomic E-state index is -0.536. The average molecular weight is 252 g/mol. The van der Waals surface area contributed by atoms with Crippen molar-refractivity contribution in [1.82, 2.24) is 0 Å². The molecule has 1 heterocycles. The number of hydrogen-bond donors (Lipinski definition) is 0. The van der Waals surface area contributed by atoms with E-state index in [9.17, 15) is 8.78 Å². The lowest BCUT2D eigenvalue weighted by molar-refractivity contribution is 0.584. The van der Waals surface area contributed by atoms with Gasteiger partial charge in [-0.25, -0.2) is 8.78 Å². The Labute approximate surface area is 104 Å². The van der Waals surface area contributed by atoms with Gasteiger partial charge in [0.2, 0.25) is 0 Å². The Morgan fingerprint density at radius 2 is 1.53 bits per heavy atom. The van der Waals surface area contributed by atoms with Crippen molar-refractivity contribution in [2.45, 2.75) is 26.2 Å². The van der Waals surface area contributed by atoms with Crippen molar-refractivity contribution in [2.75, 3.05) is 0 Å². The summed E-state index contributed by atoms with van der Waals surface area (Å²) in [5, 5.41) is 0. The Kier molecular flexibility index (Phi) is 3.04. The van der Waals surface area contributed by atoms with Crippen molar-refractivity contribution in [1.29, 1.82) is 0 Å². The van der Waals surface area contributed by atoms with Gasteiger partial charge in [0.05, 0.1) is 0 Å². The molecule has 0 bridgehead atoms. The predicted molar refractivity (Wildman–Crippen MR) is 68.4 cm³/mol. The summed E-state index contributed by atoms with van der Waals surface area (Å²) in [5.74, 6) is -1.07. The highest BCUT2D eigenvalue weighted by molar-refractivity contribution is 7.15. The Bertz CT molecular complexity index is 515. The average Bonchev–Trinajstić information content (AvgIpc) is 2.63. The molecule has 2 aromatic rings. The predicted octanol–water partition coefficient (Wildman–Crippen LogP) is 4.99. The number of hydrogen-bond acceptors (Lipinski definition) is 1. The maximum atomic E-state index is 13.1. The number of thiophene rings is 1. The molecule has 2 rings (SSSR count). The molecule has 1 aromatic heterocycles. The van der Waals surface area contributed by atoms with Crippen molar-refractivity contribution in [2.24, 2.45) is 0 Å². The second-order valence-electron chi connectivity index (χ2n) is 5.07. The summed E-state index contributed by atoms with van der Waals surface area (Å²) >= 11 is 1.58. The first-order valence-corrected chi connectivity index (χ1v) is 6.25. The van der Waals surface area contributed by atoms with Gasteiger partial charge in [0.1, 0.15) is 11.6 Å². The van der Waals surface area contributed by atoms with Crippen molar-refractivity contribution < 1.29 is 8.78 Å². The molecule has 90 valence electrons. The zero-order chi connectivity index (χ0) is 12.6. The second kappa shape index (κ2) is 4.22. The van der Waals surface area contributed by atoms with Crippen LogP contribution in [0.3, 0.4) is 0 Å². The van der Waals surface area contributed by atoms with E-state index in [2.05, 4.69) is 20.8 Å². The quantitative estimate of drug-likeness (QED) is 0.670. The van der Waals surface area contributed by atoms with Crippen LogP contribution in [-0.2, 0) is 5.41 Å². The second-order valence-corrected chi connectivity index (χ2v) is 6.16. The van der Waals surface area contributed by atoms with E-state index in [1.165, 1.54) is 17.0 Å². The van der Waals surface area contributed by atoms with Crippen molar-refractivity contribution >= 4 is 11.3 Å². The molecule has 0 spiro atoms. The van der Waals surface area contributed by atoms with Gasteiger partial charge >= 0.3 is 0 Å². The third-order valence-electron chi connectivity index (χ3n) is 2.49. The highest BCUT2D eigenvalue weighted by Crippen LogP contribution is 2.35. The molecule has 17 heavy (non-hydrogen) atoms. The van der Waals surface area contributed by atoms with Crippen LogP contribution in [-0.4, -0.2) is 0 Å². The van der Waals surface area contributed by atoms with Crippen LogP contribution in [0.15, 0.2) is 30.3 Å². The van der Waals surface area contributed by atoms with Gasteiger partial charge in [0, 0.05) is 15.8 Å². The van der Waals surface area contributed by atoms with Gasteiger partial charge in [-0.15, -0.1) is 11.3 Å². The Balaban J connectivity index is 2.44. The molecule has 0 atom stereocenters. The Morgan fingerprint density at radius 3 is 2.00 bits per heavy atom. The molecule has 0 aliphatic heterocycles. The van der Waals surface area contributed by atoms with Crippen LogP contribution < -0.4 is 0 Å². The van der Waals surface area contributed by atoms with Gasteiger partial charge in [-0.3, -0.25) is 0 Å². The Hall–Kier alpha value is -1.22. The lowest BCUT2D eigenvalue weighted by Gasteiger charge is -2.15. The third-order valence-corrected chi connectivity index (χ3v) is 4.05. The molecule has 0 fully saturated rings. The summed E-state index contributed by atoms with van der Waals surface area (Å²) in [6, 6.07) is 7.55. The minimum absolute atomic E-state index is 0.0643. The monoisotopic (exact) mass is 252 g/mol. The van der Waals surface area contributed by atoms with E-state index in [-0.39, 0.29) is 5.41 Å². The van der Waals surface area contributed by atoms with E-state index in [0.29, 0.717) is 5.56 Å². The van der Waals surface area contributed by atoms with E-state index in [0.717, 1.165) is 10.9 Å². The molecule has 0 radical (unpaired) electrons. The van der Waals surface area contributed by atoms with Crippen LogP contribution >= 0.6 is 11.3 Å². The molecule has 0 aliphatic carbocycles. The zero-order valence-electron chi connectivity index (χ0n) is 10.1. The summed E-state index contributed by atoms with van der Waals surface area (Å²) in [7, 11) is 0. The molecule has 0 amide bonds. The maximum absolute atomic E-state index is 13.1. The van der Waals surface area contributed by atoms with Crippen LogP contribution in [0.5, 0.6) is 0 Å². The van der Waals surface area contributed by atoms with Gasteiger partial charge in [-0.05, 0) is 35.2 Å². The van der Waals surface area contributed by atoms with Crippen LogP contribution in [0, 0.1) is 11.6 Å². The number of halogens is 2. The smallest absolute Gasteiger partial charge is 0.126 e. The molecule has 0 N–H and O–H groups in total.